The number of thiazole rings is 1. The summed E-state index contributed by atoms with van der Waals surface area (Å²) in [7, 11) is 1.60. The number of anilines is 1. The van der Waals surface area contributed by atoms with Gasteiger partial charge in [0.25, 0.3) is 5.91 Å². The Kier molecular flexibility index (Phi) is 6.15. The van der Waals surface area contributed by atoms with E-state index in [1.807, 2.05) is 56.3 Å². The van der Waals surface area contributed by atoms with Crippen molar-refractivity contribution >= 4 is 34.3 Å². The van der Waals surface area contributed by atoms with Crippen molar-refractivity contribution in [2.45, 2.75) is 25.8 Å². The van der Waals surface area contributed by atoms with Crippen molar-refractivity contribution in [2.24, 2.45) is 0 Å². The summed E-state index contributed by atoms with van der Waals surface area (Å²) in [5.74, 6) is -0.188. The molecule has 1 aliphatic rings. The van der Waals surface area contributed by atoms with Gasteiger partial charge in [-0.2, -0.15) is 0 Å². The van der Waals surface area contributed by atoms with Crippen LogP contribution in [-0.4, -0.2) is 41.4 Å². The quantitative estimate of drug-likeness (QED) is 0.516. The van der Waals surface area contributed by atoms with Crippen molar-refractivity contribution in [3.05, 3.63) is 65.0 Å². The van der Waals surface area contributed by atoms with E-state index in [9.17, 15) is 14.4 Å². The summed E-state index contributed by atoms with van der Waals surface area (Å²) >= 11 is 1.33. The number of urea groups is 1. The molecule has 0 bridgehead atoms. The standard InChI is InChI=1S/C24H24N4O4S/c1-4-24(17-8-6-5-7-9-17)21(30)28(23(31)27-24)14-19(29)25-22-26-20(15(2)33-22)16-10-12-18(32-3)13-11-16/h5-13H,4,14H2,1-3H3,(H,27,31)(H,25,26,29)/t24-/m1/s1. The second-order valence-electron chi connectivity index (χ2n) is 7.65. The molecule has 0 radical (unpaired) electrons. The summed E-state index contributed by atoms with van der Waals surface area (Å²) in [6.07, 6.45) is 0.372. The van der Waals surface area contributed by atoms with Gasteiger partial charge in [0.15, 0.2) is 5.13 Å². The Labute approximate surface area is 195 Å². The van der Waals surface area contributed by atoms with Crippen LogP contribution in [0.4, 0.5) is 9.93 Å². The van der Waals surface area contributed by atoms with Crippen molar-refractivity contribution in [3.63, 3.8) is 0 Å². The third-order valence-corrected chi connectivity index (χ3v) is 6.57. The zero-order chi connectivity index (χ0) is 23.6. The zero-order valence-electron chi connectivity index (χ0n) is 18.5. The minimum atomic E-state index is -1.17. The van der Waals surface area contributed by atoms with Crippen LogP contribution in [0.15, 0.2) is 54.6 Å². The summed E-state index contributed by atoms with van der Waals surface area (Å²) in [6, 6.07) is 16.0. The number of carbonyl (C=O) groups is 3. The molecule has 0 unspecified atom stereocenters. The molecule has 170 valence electrons. The average molecular weight is 465 g/mol. The predicted octanol–water partition coefficient (Wildman–Crippen LogP) is 3.92. The lowest BCUT2D eigenvalue weighted by Crippen LogP contribution is -2.44. The Morgan fingerprint density at radius 1 is 1.15 bits per heavy atom. The van der Waals surface area contributed by atoms with Crippen LogP contribution in [0.25, 0.3) is 11.3 Å². The van der Waals surface area contributed by atoms with Crippen LogP contribution in [0.5, 0.6) is 5.75 Å². The lowest BCUT2D eigenvalue weighted by atomic mass is 9.87. The fourth-order valence-corrected chi connectivity index (χ4v) is 4.75. The Bertz CT molecular complexity index is 1190. The first-order valence-corrected chi connectivity index (χ1v) is 11.3. The molecule has 2 aromatic carbocycles. The average Bonchev–Trinajstić information content (AvgIpc) is 3.31. The molecule has 0 spiro atoms. The van der Waals surface area contributed by atoms with Crippen molar-refractivity contribution in [3.8, 4) is 17.0 Å². The Morgan fingerprint density at radius 2 is 1.85 bits per heavy atom. The largest absolute Gasteiger partial charge is 0.497 e. The number of hydrogen-bond donors (Lipinski definition) is 2. The lowest BCUT2D eigenvalue weighted by molar-refractivity contribution is -0.134. The van der Waals surface area contributed by atoms with Crippen molar-refractivity contribution in [1.29, 1.82) is 0 Å². The summed E-state index contributed by atoms with van der Waals surface area (Å²) in [6.45, 7) is 3.35. The van der Waals surface area contributed by atoms with Crippen LogP contribution >= 0.6 is 11.3 Å². The van der Waals surface area contributed by atoms with Gasteiger partial charge in [-0.05, 0) is 43.2 Å². The van der Waals surface area contributed by atoms with Gasteiger partial charge < -0.3 is 15.4 Å². The van der Waals surface area contributed by atoms with E-state index >= 15 is 0 Å². The summed E-state index contributed by atoms with van der Waals surface area (Å²) < 4.78 is 5.19. The number of ether oxygens (including phenoxy) is 1. The second kappa shape index (κ2) is 9.03. The maximum atomic E-state index is 13.2. The van der Waals surface area contributed by atoms with E-state index in [0.29, 0.717) is 17.1 Å². The highest BCUT2D eigenvalue weighted by Gasteiger charge is 2.51. The van der Waals surface area contributed by atoms with Gasteiger partial charge in [-0.15, -0.1) is 11.3 Å². The third-order valence-electron chi connectivity index (χ3n) is 5.68. The van der Waals surface area contributed by atoms with Crippen molar-refractivity contribution < 1.29 is 19.1 Å². The highest BCUT2D eigenvalue weighted by molar-refractivity contribution is 7.16. The number of aromatic nitrogens is 1. The molecule has 1 atom stereocenters. The molecule has 4 amide bonds. The fourth-order valence-electron chi connectivity index (χ4n) is 3.90. The van der Waals surface area contributed by atoms with Crippen LogP contribution in [0, 0.1) is 6.92 Å². The zero-order valence-corrected chi connectivity index (χ0v) is 19.4. The van der Waals surface area contributed by atoms with Crippen LogP contribution in [-0.2, 0) is 15.1 Å². The second-order valence-corrected chi connectivity index (χ2v) is 8.85. The van der Waals surface area contributed by atoms with Crippen molar-refractivity contribution in [1.82, 2.24) is 15.2 Å². The maximum absolute atomic E-state index is 13.2. The topological polar surface area (TPSA) is 101 Å². The fraction of sp³-hybridized carbons (Fsp3) is 0.250. The van der Waals surface area contributed by atoms with Crippen LogP contribution in [0.2, 0.25) is 0 Å². The van der Waals surface area contributed by atoms with E-state index < -0.39 is 29.9 Å². The first-order chi connectivity index (χ1) is 15.9. The molecule has 1 saturated heterocycles. The molecule has 0 aliphatic carbocycles. The van der Waals surface area contributed by atoms with Gasteiger partial charge in [-0.1, -0.05) is 37.3 Å². The molecule has 1 aliphatic heterocycles. The number of nitrogens with zero attached hydrogens (tertiary/aromatic N) is 2. The van der Waals surface area contributed by atoms with Gasteiger partial charge in [0.1, 0.15) is 17.8 Å². The van der Waals surface area contributed by atoms with Crippen LogP contribution < -0.4 is 15.4 Å². The minimum absolute atomic E-state index is 0.372. The molecule has 4 rings (SSSR count). The molecule has 33 heavy (non-hydrogen) atoms. The van der Waals surface area contributed by atoms with Gasteiger partial charge in [0.2, 0.25) is 5.91 Å². The number of carbonyl (C=O) groups excluding carboxylic acids is 3. The first-order valence-electron chi connectivity index (χ1n) is 10.5. The van der Waals surface area contributed by atoms with Gasteiger partial charge in [0.05, 0.1) is 12.8 Å². The number of amides is 4. The Hall–Kier alpha value is -3.72. The van der Waals surface area contributed by atoms with E-state index in [-0.39, 0.29) is 0 Å². The lowest BCUT2D eigenvalue weighted by Gasteiger charge is -2.25. The van der Waals surface area contributed by atoms with Gasteiger partial charge in [-0.25, -0.2) is 9.78 Å². The summed E-state index contributed by atoms with van der Waals surface area (Å²) in [5.41, 5.74) is 1.17. The highest BCUT2D eigenvalue weighted by Crippen LogP contribution is 2.33. The molecule has 3 aromatic rings. The highest BCUT2D eigenvalue weighted by atomic mass is 32.1. The number of aryl methyl sites for hydroxylation is 1. The monoisotopic (exact) mass is 464 g/mol. The summed E-state index contributed by atoms with van der Waals surface area (Å²) in [4.78, 5) is 44.9. The van der Waals surface area contributed by atoms with Gasteiger partial charge >= 0.3 is 6.03 Å². The number of rotatable bonds is 7. The van der Waals surface area contributed by atoms with E-state index in [1.54, 1.807) is 19.2 Å². The van der Waals surface area contributed by atoms with Crippen LogP contribution in [0.1, 0.15) is 23.8 Å². The SMILES string of the molecule is CC[C@]1(c2ccccc2)NC(=O)N(CC(=O)Nc2nc(-c3ccc(OC)cc3)c(C)s2)C1=O. The predicted molar refractivity (Wildman–Crippen MR) is 126 cm³/mol. The van der Waals surface area contributed by atoms with Crippen molar-refractivity contribution in [2.75, 3.05) is 19.0 Å². The number of hydrogen-bond acceptors (Lipinski definition) is 6. The van der Waals surface area contributed by atoms with Gasteiger partial charge in [0, 0.05) is 10.4 Å². The normalized spacial score (nSPS) is 17.7. The minimum Gasteiger partial charge on any atom is -0.497 e. The maximum Gasteiger partial charge on any atom is 0.325 e. The molecule has 1 fully saturated rings. The smallest absolute Gasteiger partial charge is 0.325 e. The molecule has 2 heterocycles. The van der Waals surface area contributed by atoms with E-state index in [0.717, 1.165) is 26.8 Å². The molecule has 8 nitrogen and oxygen atoms in total. The molecular formula is C24H24N4O4S. The number of benzene rings is 2. The van der Waals surface area contributed by atoms with Gasteiger partial charge in [-0.3, -0.25) is 14.5 Å². The number of nitrogens with one attached hydrogen (secondary N) is 2. The third kappa shape index (κ3) is 4.19. The van der Waals surface area contributed by atoms with E-state index in [4.69, 9.17) is 4.74 Å². The molecular weight excluding hydrogens is 440 g/mol. The molecule has 0 saturated carbocycles. The Morgan fingerprint density at radius 3 is 2.48 bits per heavy atom. The van der Waals surface area contributed by atoms with E-state index in [2.05, 4.69) is 15.6 Å². The summed E-state index contributed by atoms with van der Waals surface area (Å²) in [5, 5.41) is 5.90. The Balaban J connectivity index is 1.48. The molecule has 1 aromatic heterocycles. The molecule has 9 heteroatoms. The molecule has 2 N–H and O–H groups in total. The van der Waals surface area contributed by atoms with Crippen LogP contribution in [0.3, 0.4) is 0 Å². The number of imide groups is 1. The number of methoxy groups -OCH3 is 1. The van der Waals surface area contributed by atoms with E-state index in [1.165, 1.54) is 11.3 Å². The first kappa shape index (κ1) is 22.5.